The van der Waals surface area contributed by atoms with Crippen LogP contribution in [0.5, 0.6) is 11.6 Å². The van der Waals surface area contributed by atoms with Crippen molar-refractivity contribution >= 4 is 0 Å². The molecule has 0 bridgehead atoms. The van der Waals surface area contributed by atoms with Gasteiger partial charge >= 0.3 is 0 Å². The number of benzene rings is 1. The average molecular weight is 284 g/mol. The smallest absolute Gasteiger partial charge is 0.219 e. The lowest BCUT2D eigenvalue weighted by molar-refractivity contribution is 0.457. The van der Waals surface area contributed by atoms with Crippen LogP contribution in [0.1, 0.15) is 56.4 Å². The average Bonchev–Trinajstić information content (AvgIpc) is 2.47. The van der Waals surface area contributed by atoms with Gasteiger partial charge in [0, 0.05) is 18.3 Å². The first-order chi connectivity index (χ1) is 9.99. The summed E-state index contributed by atoms with van der Waals surface area (Å²) in [6, 6.07) is 12.1. The van der Waals surface area contributed by atoms with E-state index in [2.05, 4.69) is 44.8 Å². The van der Waals surface area contributed by atoms with Gasteiger partial charge in [0.05, 0.1) is 0 Å². The molecule has 112 valence electrons. The van der Waals surface area contributed by atoms with Crippen LogP contribution in [-0.4, -0.2) is 4.98 Å². The third-order valence-electron chi connectivity index (χ3n) is 3.46. The van der Waals surface area contributed by atoms with E-state index in [1.165, 1.54) is 5.56 Å². The Labute approximate surface area is 127 Å². The molecule has 3 heteroatoms. The molecule has 0 aliphatic carbocycles. The predicted octanol–water partition coefficient (Wildman–Crippen LogP) is 4.58. The van der Waals surface area contributed by atoms with E-state index in [1.54, 1.807) is 0 Å². The number of pyridine rings is 1. The molecule has 0 atom stereocenters. The fourth-order valence-electron chi connectivity index (χ4n) is 2.11. The fraction of sp³-hybridized carbons (Fsp3) is 0.389. The Morgan fingerprint density at radius 1 is 1.05 bits per heavy atom. The zero-order valence-electron chi connectivity index (χ0n) is 13.3. The van der Waals surface area contributed by atoms with Crippen LogP contribution < -0.4 is 10.5 Å². The molecule has 0 spiro atoms. The summed E-state index contributed by atoms with van der Waals surface area (Å²) in [5.74, 6) is 2.25. The quantitative estimate of drug-likeness (QED) is 0.874. The standard InChI is InChI=1S/C18H24N2O/c1-12(2)15-6-5-7-16(10-15)21-18-9-14(11-19)8-17(20-18)13(3)4/h5-10,12-13H,11,19H2,1-4H3. The van der Waals surface area contributed by atoms with E-state index in [1.807, 2.05) is 24.3 Å². The van der Waals surface area contributed by atoms with Gasteiger partial charge in [-0.05, 0) is 41.2 Å². The molecule has 0 aliphatic rings. The van der Waals surface area contributed by atoms with Crippen LogP contribution in [0.4, 0.5) is 0 Å². The third-order valence-corrected chi connectivity index (χ3v) is 3.46. The van der Waals surface area contributed by atoms with Crippen molar-refractivity contribution in [2.75, 3.05) is 0 Å². The van der Waals surface area contributed by atoms with E-state index in [0.29, 0.717) is 24.3 Å². The summed E-state index contributed by atoms with van der Waals surface area (Å²) in [6.45, 7) is 9.06. The summed E-state index contributed by atoms with van der Waals surface area (Å²) in [4.78, 5) is 4.57. The minimum Gasteiger partial charge on any atom is -0.439 e. The van der Waals surface area contributed by atoms with Crippen LogP contribution in [0.15, 0.2) is 36.4 Å². The number of hydrogen-bond donors (Lipinski definition) is 1. The van der Waals surface area contributed by atoms with Gasteiger partial charge in [0.1, 0.15) is 5.75 Å². The summed E-state index contributed by atoms with van der Waals surface area (Å²) in [5, 5.41) is 0. The normalized spacial score (nSPS) is 11.2. The predicted molar refractivity (Wildman–Crippen MR) is 86.8 cm³/mol. The molecule has 1 aromatic carbocycles. The summed E-state index contributed by atoms with van der Waals surface area (Å²) in [7, 11) is 0. The fourth-order valence-corrected chi connectivity index (χ4v) is 2.11. The zero-order valence-corrected chi connectivity index (χ0v) is 13.3. The van der Waals surface area contributed by atoms with Crippen LogP contribution in [0.25, 0.3) is 0 Å². The van der Waals surface area contributed by atoms with E-state index in [4.69, 9.17) is 10.5 Å². The lowest BCUT2D eigenvalue weighted by Crippen LogP contribution is -2.02. The van der Waals surface area contributed by atoms with E-state index < -0.39 is 0 Å². The van der Waals surface area contributed by atoms with E-state index >= 15 is 0 Å². The second-order valence-electron chi connectivity index (χ2n) is 5.93. The van der Waals surface area contributed by atoms with Gasteiger partial charge in [0.15, 0.2) is 0 Å². The third kappa shape index (κ3) is 4.05. The Bertz CT molecular complexity index is 606. The second kappa shape index (κ2) is 6.72. The molecule has 0 aliphatic heterocycles. The maximum atomic E-state index is 5.94. The topological polar surface area (TPSA) is 48.1 Å². The minimum absolute atomic E-state index is 0.348. The summed E-state index contributed by atoms with van der Waals surface area (Å²) in [5.41, 5.74) is 9.07. The van der Waals surface area contributed by atoms with Crippen molar-refractivity contribution in [3.05, 3.63) is 53.2 Å². The van der Waals surface area contributed by atoms with E-state index in [9.17, 15) is 0 Å². The highest BCUT2D eigenvalue weighted by Crippen LogP contribution is 2.26. The molecule has 0 radical (unpaired) electrons. The number of nitrogens with zero attached hydrogens (tertiary/aromatic N) is 1. The molecule has 2 rings (SSSR count). The van der Waals surface area contributed by atoms with Crippen molar-refractivity contribution in [1.82, 2.24) is 4.98 Å². The maximum Gasteiger partial charge on any atom is 0.219 e. The van der Waals surface area contributed by atoms with E-state index in [-0.39, 0.29) is 0 Å². The van der Waals surface area contributed by atoms with Gasteiger partial charge in [0.25, 0.3) is 0 Å². The van der Waals surface area contributed by atoms with Gasteiger partial charge in [-0.15, -0.1) is 0 Å². The van der Waals surface area contributed by atoms with Gasteiger partial charge in [-0.3, -0.25) is 0 Å². The van der Waals surface area contributed by atoms with Gasteiger partial charge in [-0.25, -0.2) is 4.98 Å². The van der Waals surface area contributed by atoms with Gasteiger partial charge in [0.2, 0.25) is 5.88 Å². The number of nitrogens with two attached hydrogens (primary N) is 1. The monoisotopic (exact) mass is 284 g/mol. The van der Waals surface area contributed by atoms with Crippen LogP contribution in [0.3, 0.4) is 0 Å². The van der Waals surface area contributed by atoms with Crippen LogP contribution >= 0.6 is 0 Å². The highest BCUT2D eigenvalue weighted by atomic mass is 16.5. The highest BCUT2D eigenvalue weighted by molar-refractivity contribution is 5.35. The molecule has 0 unspecified atom stereocenters. The highest BCUT2D eigenvalue weighted by Gasteiger charge is 2.08. The van der Waals surface area contributed by atoms with Crippen LogP contribution in [0, 0.1) is 0 Å². The molecule has 2 N–H and O–H groups in total. The summed E-state index contributed by atoms with van der Waals surface area (Å²) >= 11 is 0. The molecule has 0 saturated carbocycles. The van der Waals surface area contributed by atoms with Crippen molar-refractivity contribution in [3.63, 3.8) is 0 Å². The Kier molecular flexibility index (Phi) is 4.97. The molecule has 0 amide bonds. The molecule has 21 heavy (non-hydrogen) atoms. The van der Waals surface area contributed by atoms with Crippen molar-refractivity contribution in [3.8, 4) is 11.6 Å². The lowest BCUT2D eigenvalue weighted by atomic mass is 10.0. The number of hydrogen-bond acceptors (Lipinski definition) is 3. The molecular formula is C18H24N2O. The Hall–Kier alpha value is -1.87. The lowest BCUT2D eigenvalue weighted by Gasteiger charge is -2.12. The first kappa shape index (κ1) is 15.5. The SMILES string of the molecule is CC(C)c1cccc(Oc2cc(CN)cc(C(C)C)n2)c1. The second-order valence-corrected chi connectivity index (χ2v) is 5.93. The van der Waals surface area contributed by atoms with E-state index in [0.717, 1.165) is 17.0 Å². The van der Waals surface area contributed by atoms with Crippen molar-refractivity contribution in [2.24, 2.45) is 5.73 Å². The van der Waals surface area contributed by atoms with Gasteiger partial charge in [-0.2, -0.15) is 0 Å². The molecular weight excluding hydrogens is 260 g/mol. The van der Waals surface area contributed by atoms with Crippen LogP contribution in [0.2, 0.25) is 0 Å². The van der Waals surface area contributed by atoms with Gasteiger partial charge in [-0.1, -0.05) is 39.8 Å². The molecule has 1 heterocycles. The first-order valence-corrected chi connectivity index (χ1v) is 7.48. The Morgan fingerprint density at radius 2 is 1.81 bits per heavy atom. The molecule has 2 aromatic rings. The van der Waals surface area contributed by atoms with Crippen molar-refractivity contribution < 1.29 is 4.74 Å². The number of rotatable bonds is 5. The zero-order chi connectivity index (χ0) is 15.4. The Morgan fingerprint density at radius 3 is 2.43 bits per heavy atom. The maximum absolute atomic E-state index is 5.94. The van der Waals surface area contributed by atoms with Gasteiger partial charge < -0.3 is 10.5 Å². The summed E-state index contributed by atoms with van der Waals surface area (Å²) < 4.78 is 5.94. The Balaban J connectivity index is 2.30. The van der Waals surface area contributed by atoms with Crippen molar-refractivity contribution in [2.45, 2.75) is 46.1 Å². The molecule has 0 saturated heterocycles. The summed E-state index contributed by atoms with van der Waals surface area (Å²) in [6.07, 6.45) is 0. The van der Waals surface area contributed by atoms with Crippen molar-refractivity contribution in [1.29, 1.82) is 0 Å². The van der Waals surface area contributed by atoms with Crippen LogP contribution in [-0.2, 0) is 6.54 Å². The molecule has 3 nitrogen and oxygen atoms in total. The molecule has 1 aromatic heterocycles. The largest absolute Gasteiger partial charge is 0.439 e. The first-order valence-electron chi connectivity index (χ1n) is 7.48. The molecule has 0 fully saturated rings. The minimum atomic E-state index is 0.348. The number of ether oxygens (including phenoxy) is 1. The number of aromatic nitrogens is 1.